The summed E-state index contributed by atoms with van der Waals surface area (Å²) >= 11 is 11.3. The van der Waals surface area contributed by atoms with Crippen LogP contribution in [0.25, 0.3) is 0 Å². The minimum absolute atomic E-state index is 0.100. The standard InChI is InChI=1S/C15H17BrClNOS/c1-8-4-12(5-9(2)14(8)17)19-15(10(3)18)13-6-11(16)7-20-13/h4-7,10,15H,18H2,1-3H3. The van der Waals surface area contributed by atoms with Crippen LogP contribution in [0.2, 0.25) is 5.02 Å². The van der Waals surface area contributed by atoms with Crippen LogP contribution in [-0.4, -0.2) is 6.04 Å². The lowest BCUT2D eigenvalue weighted by molar-refractivity contribution is 0.184. The van der Waals surface area contributed by atoms with E-state index in [9.17, 15) is 0 Å². The number of benzene rings is 1. The van der Waals surface area contributed by atoms with Crippen molar-refractivity contribution >= 4 is 38.9 Å². The molecule has 0 spiro atoms. The molecule has 2 unspecified atom stereocenters. The maximum atomic E-state index is 6.18. The van der Waals surface area contributed by atoms with Crippen LogP contribution in [0, 0.1) is 13.8 Å². The van der Waals surface area contributed by atoms with E-state index in [2.05, 4.69) is 15.9 Å². The number of halogens is 2. The van der Waals surface area contributed by atoms with E-state index in [0.29, 0.717) is 0 Å². The molecule has 0 bridgehead atoms. The second-order valence-electron chi connectivity index (χ2n) is 4.94. The van der Waals surface area contributed by atoms with Gasteiger partial charge in [-0.25, -0.2) is 0 Å². The highest BCUT2D eigenvalue weighted by Gasteiger charge is 2.20. The first-order chi connectivity index (χ1) is 9.38. The van der Waals surface area contributed by atoms with E-state index < -0.39 is 0 Å². The molecule has 108 valence electrons. The maximum absolute atomic E-state index is 6.18. The summed E-state index contributed by atoms with van der Waals surface area (Å²) in [7, 11) is 0. The van der Waals surface area contributed by atoms with Crippen molar-refractivity contribution in [3.05, 3.63) is 49.1 Å². The van der Waals surface area contributed by atoms with Crippen LogP contribution < -0.4 is 10.5 Å². The van der Waals surface area contributed by atoms with Gasteiger partial charge in [0.05, 0.1) is 0 Å². The third kappa shape index (κ3) is 3.55. The Hall–Kier alpha value is -0.550. The fourth-order valence-corrected chi connectivity index (χ4v) is 3.72. The van der Waals surface area contributed by atoms with Crippen molar-refractivity contribution in [1.29, 1.82) is 0 Å². The molecule has 0 aliphatic carbocycles. The predicted octanol–water partition coefficient (Wildman–Crippen LogP) is 5.25. The van der Waals surface area contributed by atoms with Gasteiger partial charge >= 0.3 is 0 Å². The Balaban J connectivity index is 2.29. The van der Waals surface area contributed by atoms with E-state index in [4.69, 9.17) is 22.1 Å². The number of aryl methyl sites for hydroxylation is 2. The summed E-state index contributed by atoms with van der Waals surface area (Å²) in [6.07, 6.45) is -0.161. The number of hydrogen-bond acceptors (Lipinski definition) is 3. The van der Waals surface area contributed by atoms with Crippen molar-refractivity contribution in [2.45, 2.75) is 32.9 Å². The van der Waals surface area contributed by atoms with Crippen molar-refractivity contribution in [2.24, 2.45) is 5.73 Å². The highest BCUT2D eigenvalue weighted by molar-refractivity contribution is 9.10. The molecule has 0 amide bonds. The zero-order valence-electron chi connectivity index (χ0n) is 11.6. The molecule has 0 radical (unpaired) electrons. The number of nitrogens with two attached hydrogens (primary N) is 1. The molecule has 0 aliphatic heterocycles. The van der Waals surface area contributed by atoms with Gasteiger partial charge in [0.2, 0.25) is 0 Å². The van der Waals surface area contributed by atoms with Crippen LogP contribution in [0.5, 0.6) is 5.75 Å². The first-order valence-electron chi connectivity index (χ1n) is 6.31. The Kier molecular flexibility index (Phi) is 5.13. The summed E-state index contributed by atoms with van der Waals surface area (Å²) in [6, 6.07) is 5.85. The fraction of sp³-hybridized carbons (Fsp3) is 0.333. The molecule has 2 atom stereocenters. The van der Waals surface area contributed by atoms with E-state index in [-0.39, 0.29) is 12.1 Å². The average molecular weight is 375 g/mol. The van der Waals surface area contributed by atoms with E-state index in [1.807, 2.05) is 44.4 Å². The second-order valence-corrected chi connectivity index (χ2v) is 7.17. The number of ether oxygens (including phenoxy) is 1. The first-order valence-corrected chi connectivity index (χ1v) is 8.36. The van der Waals surface area contributed by atoms with Gasteiger partial charge < -0.3 is 10.5 Å². The molecular weight excluding hydrogens is 358 g/mol. The van der Waals surface area contributed by atoms with Gasteiger partial charge in [0, 0.05) is 25.8 Å². The smallest absolute Gasteiger partial charge is 0.148 e. The Morgan fingerprint density at radius 3 is 2.30 bits per heavy atom. The maximum Gasteiger partial charge on any atom is 0.148 e. The fourth-order valence-electron chi connectivity index (χ4n) is 2.02. The molecule has 5 heteroatoms. The highest BCUT2D eigenvalue weighted by Crippen LogP contribution is 2.33. The third-order valence-corrected chi connectivity index (χ3v) is 5.37. The molecule has 1 aromatic heterocycles. The monoisotopic (exact) mass is 373 g/mol. The summed E-state index contributed by atoms with van der Waals surface area (Å²) in [4.78, 5) is 1.11. The minimum atomic E-state index is -0.161. The van der Waals surface area contributed by atoms with Crippen molar-refractivity contribution in [1.82, 2.24) is 0 Å². The quantitative estimate of drug-likeness (QED) is 0.793. The highest BCUT2D eigenvalue weighted by atomic mass is 79.9. The minimum Gasteiger partial charge on any atom is -0.483 e. The molecule has 20 heavy (non-hydrogen) atoms. The molecule has 1 aromatic carbocycles. The largest absolute Gasteiger partial charge is 0.483 e. The summed E-state index contributed by atoms with van der Waals surface area (Å²) in [5.74, 6) is 0.802. The van der Waals surface area contributed by atoms with Gasteiger partial charge in [-0.2, -0.15) is 0 Å². The zero-order valence-corrected chi connectivity index (χ0v) is 14.8. The molecule has 2 nitrogen and oxygen atoms in total. The normalized spacial score (nSPS) is 14.1. The zero-order chi connectivity index (χ0) is 14.9. The van der Waals surface area contributed by atoms with Gasteiger partial charge in [0.15, 0.2) is 0 Å². The van der Waals surface area contributed by atoms with E-state index in [1.165, 1.54) is 0 Å². The summed E-state index contributed by atoms with van der Waals surface area (Å²) in [5.41, 5.74) is 8.10. The van der Waals surface area contributed by atoms with E-state index in [0.717, 1.165) is 31.2 Å². The Bertz CT molecular complexity index is 589. The SMILES string of the molecule is Cc1cc(OC(c2cc(Br)cs2)C(C)N)cc(C)c1Cl. The molecular formula is C15H17BrClNOS. The van der Waals surface area contributed by atoms with Crippen molar-refractivity contribution < 1.29 is 4.74 Å². The average Bonchev–Trinajstić information content (AvgIpc) is 2.79. The van der Waals surface area contributed by atoms with Crippen LogP contribution in [0.15, 0.2) is 28.1 Å². The predicted molar refractivity (Wildman–Crippen MR) is 90.0 cm³/mol. The molecule has 2 rings (SSSR count). The van der Waals surface area contributed by atoms with Crippen molar-refractivity contribution in [3.8, 4) is 5.75 Å². The van der Waals surface area contributed by atoms with Crippen LogP contribution >= 0.6 is 38.9 Å². The van der Waals surface area contributed by atoms with Gasteiger partial charge in [0.25, 0.3) is 0 Å². The molecule has 2 aromatic rings. The van der Waals surface area contributed by atoms with E-state index in [1.54, 1.807) is 11.3 Å². The molecule has 1 heterocycles. The molecule has 0 saturated heterocycles. The molecule has 0 saturated carbocycles. The van der Waals surface area contributed by atoms with Crippen LogP contribution in [0.3, 0.4) is 0 Å². The van der Waals surface area contributed by atoms with Gasteiger partial charge in [0.1, 0.15) is 11.9 Å². The Morgan fingerprint density at radius 2 is 1.85 bits per heavy atom. The summed E-state index contributed by atoms with van der Waals surface area (Å²) in [6.45, 7) is 5.91. The van der Waals surface area contributed by atoms with Gasteiger partial charge in [-0.1, -0.05) is 11.6 Å². The van der Waals surface area contributed by atoms with Crippen LogP contribution in [0.4, 0.5) is 0 Å². The van der Waals surface area contributed by atoms with Gasteiger partial charge in [-0.05, 0) is 66.0 Å². The van der Waals surface area contributed by atoms with Gasteiger partial charge in [-0.15, -0.1) is 11.3 Å². The first kappa shape index (κ1) is 15.8. The Morgan fingerprint density at radius 1 is 1.25 bits per heavy atom. The second kappa shape index (κ2) is 6.48. The van der Waals surface area contributed by atoms with Crippen molar-refractivity contribution in [2.75, 3.05) is 0 Å². The number of rotatable bonds is 4. The molecule has 0 aliphatic rings. The lowest BCUT2D eigenvalue weighted by Gasteiger charge is -2.22. The third-order valence-electron chi connectivity index (χ3n) is 3.02. The van der Waals surface area contributed by atoms with E-state index >= 15 is 0 Å². The van der Waals surface area contributed by atoms with Gasteiger partial charge in [-0.3, -0.25) is 0 Å². The van der Waals surface area contributed by atoms with Crippen LogP contribution in [0.1, 0.15) is 29.0 Å². The molecule has 0 fully saturated rings. The number of hydrogen-bond donors (Lipinski definition) is 1. The summed E-state index contributed by atoms with van der Waals surface area (Å²) in [5, 5.41) is 2.82. The molecule has 2 N–H and O–H groups in total. The summed E-state index contributed by atoms with van der Waals surface area (Å²) < 4.78 is 7.15. The van der Waals surface area contributed by atoms with Crippen molar-refractivity contribution in [3.63, 3.8) is 0 Å². The lowest BCUT2D eigenvalue weighted by atomic mass is 10.1. The lowest BCUT2D eigenvalue weighted by Crippen LogP contribution is -2.28. The number of thiophene rings is 1. The topological polar surface area (TPSA) is 35.2 Å². The Labute approximate surface area is 137 Å². The van der Waals surface area contributed by atoms with Crippen LogP contribution in [-0.2, 0) is 0 Å².